The minimum Gasteiger partial charge on any atom is -0.444 e. The van der Waals surface area contributed by atoms with E-state index in [1.54, 1.807) is 34.3 Å². The second-order valence-corrected chi connectivity index (χ2v) is 11.7. The highest BCUT2D eigenvalue weighted by Gasteiger charge is 2.40. The zero-order valence-electron chi connectivity index (χ0n) is 23.0. The van der Waals surface area contributed by atoms with E-state index in [1.165, 1.54) is 0 Å². The summed E-state index contributed by atoms with van der Waals surface area (Å²) >= 11 is 0. The first-order valence-corrected chi connectivity index (χ1v) is 13.9. The van der Waals surface area contributed by atoms with E-state index in [0.29, 0.717) is 49.4 Å². The van der Waals surface area contributed by atoms with Gasteiger partial charge in [0.15, 0.2) is 5.82 Å². The fourth-order valence-corrected chi connectivity index (χ4v) is 5.34. The standard InChI is InChI=1S/C29H38N6O4/c1-29(2,3)39-28(38)33-15-12-23(13-16-33)35(22-10-11-22)27(37)21-17-31-25(32-18-21)19-6-8-20(9-7-19)26(36)34-14-4-5-24(34)30/h6-9,17-18,22-24H,4-5,10-16,30H2,1-3H3. The molecule has 1 aromatic carbocycles. The number of amides is 3. The quantitative estimate of drug-likeness (QED) is 0.621. The zero-order chi connectivity index (χ0) is 27.7. The summed E-state index contributed by atoms with van der Waals surface area (Å²) in [5.74, 6) is 0.361. The minimum absolute atomic E-state index is 0.0643. The molecule has 2 aromatic rings. The molecule has 1 saturated carbocycles. The minimum atomic E-state index is -0.530. The third-order valence-corrected chi connectivity index (χ3v) is 7.53. The number of piperidine rings is 1. The molecule has 5 rings (SSSR count). The Kier molecular flexibility index (Phi) is 7.57. The van der Waals surface area contributed by atoms with Crippen molar-refractivity contribution in [3.63, 3.8) is 0 Å². The lowest BCUT2D eigenvalue weighted by Gasteiger charge is -2.39. The summed E-state index contributed by atoms with van der Waals surface area (Å²) < 4.78 is 5.51. The molecule has 2 aliphatic heterocycles. The van der Waals surface area contributed by atoms with Gasteiger partial charge in [-0.25, -0.2) is 14.8 Å². The molecule has 3 amide bonds. The molecule has 0 spiro atoms. The van der Waals surface area contributed by atoms with Gasteiger partial charge in [-0.2, -0.15) is 0 Å². The molecule has 39 heavy (non-hydrogen) atoms. The highest BCUT2D eigenvalue weighted by atomic mass is 16.6. The predicted molar refractivity (Wildman–Crippen MR) is 146 cm³/mol. The molecule has 10 heteroatoms. The molecule has 1 aromatic heterocycles. The topological polar surface area (TPSA) is 122 Å². The number of nitrogens with zero attached hydrogens (tertiary/aromatic N) is 5. The smallest absolute Gasteiger partial charge is 0.410 e. The van der Waals surface area contributed by atoms with Gasteiger partial charge in [0.1, 0.15) is 5.60 Å². The Bertz CT molecular complexity index is 1200. The summed E-state index contributed by atoms with van der Waals surface area (Å²) in [5, 5.41) is 0. The Balaban J connectivity index is 1.22. The van der Waals surface area contributed by atoms with Crippen molar-refractivity contribution in [2.75, 3.05) is 19.6 Å². The van der Waals surface area contributed by atoms with Crippen LogP contribution in [0.15, 0.2) is 36.7 Å². The summed E-state index contributed by atoms with van der Waals surface area (Å²) in [6, 6.07) is 7.47. The van der Waals surface area contributed by atoms with E-state index >= 15 is 0 Å². The molecule has 3 fully saturated rings. The normalized spacial score (nSPS) is 20.2. The summed E-state index contributed by atoms with van der Waals surface area (Å²) in [7, 11) is 0. The first-order valence-electron chi connectivity index (χ1n) is 13.9. The lowest BCUT2D eigenvalue weighted by atomic mass is 10.0. The second kappa shape index (κ2) is 10.9. The Morgan fingerprint density at radius 1 is 0.897 bits per heavy atom. The summed E-state index contributed by atoms with van der Waals surface area (Å²) in [6.45, 7) is 7.39. The van der Waals surface area contributed by atoms with Gasteiger partial charge in [-0.15, -0.1) is 0 Å². The summed E-state index contributed by atoms with van der Waals surface area (Å²) in [5.41, 5.74) is 7.32. The van der Waals surface area contributed by atoms with Crippen molar-refractivity contribution in [1.29, 1.82) is 0 Å². The Labute approximate surface area is 229 Å². The van der Waals surface area contributed by atoms with Crippen molar-refractivity contribution in [2.24, 2.45) is 5.73 Å². The Hall–Kier alpha value is -3.53. The van der Waals surface area contributed by atoms with Crippen LogP contribution < -0.4 is 5.73 Å². The van der Waals surface area contributed by atoms with Gasteiger partial charge in [-0.05, 0) is 71.4 Å². The molecule has 1 aliphatic carbocycles. The van der Waals surface area contributed by atoms with E-state index in [4.69, 9.17) is 10.5 Å². The molecule has 1 unspecified atom stereocenters. The number of carbonyl (C=O) groups is 3. The van der Waals surface area contributed by atoms with Crippen LogP contribution in [0.25, 0.3) is 11.4 Å². The maximum Gasteiger partial charge on any atom is 0.410 e. The Morgan fingerprint density at radius 2 is 1.51 bits per heavy atom. The number of ether oxygens (including phenoxy) is 1. The maximum absolute atomic E-state index is 13.5. The van der Waals surface area contributed by atoms with Gasteiger partial charge in [-0.1, -0.05) is 12.1 Å². The molecular formula is C29H38N6O4. The van der Waals surface area contributed by atoms with E-state index in [9.17, 15) is 14.4 Å². The molecule has 10 nitrogen and oxygen atoms in total. The van der Waals surface area contributed by atoms with E-state index in [1.807, 2.05) is 37.8 Å². The summed E-state index contributed by atoms with van der Waals surface area (Å²) in [6.07, 6.45) is 7.80. The van der Waals surface area contributed by atoms with Crippen LogP contribution in [0.4, 0.5) is 4.79 Å². The number of hydrogen-bond acceptors (Lipinski definition) is 7. The fourth-order valence-electron chi connectivity index (χ4n) is 5.34. The van der Waals surface area contributed by atoms with Gasteiger partial charge < -0.3 is 25.2 Å². The van der Waals surface area contributed by atoms with Crippen molar-refractivity contribution in [1.82, 2.24) is 24.7 Å². The number of hydrogen-bond donors (Lipinski definition) is 1. The van der Waals surface area contributed by atoms with E-state index in [0.717, 1.165) is 31.2 Å². The van der Waals surface area contributed by atoms with E-state index in [2.05, 4.69) is 9.97 Å². The average Bonchev–Trinajstić information content (AvgIpc) is 3.66. The molecule has 3 aliphatic rings. The van der Waals surface area contributed by atoms with Crippen LogP contribution in [0.3, 0.4) is 0 Å². The average molecular weight is 535 g/mol. The van der Waals surface area contributed by atoms with E-state index < -0.39 is 5.60 Å². The van der Waals surface area contributed by atoms with E-state index in [-0.39, 0.29) is 36.2 Å². The van der Waals surface area contributed by atoms with Crippen LogP contribution >= 0.6 is 0 Å². The second-order valence-electron chi connectivity index (χ2n) is 11.7. The third-order valence-electron chi connectivity index (χ3n) is 7.53. The number of carbonyl (C=O) groups excluding carboxylic acids is 3. The highest BCUT2D eigenvalue weighted by molar-refractivity contribution is 5.95. The van der Waals surface area contributed by atoms with Crippen molar-refractivity contribution < 1.29 is 19.1 Å². The zero-order valence-corrected chi connectivity index (χ0v) is 23.0. The van der Waals surface area contributed by atoms with Crippen molar-refractivity contribution >= 4 is 17.9 Å². The summed E-state index contributed by atoms with van der Waals surface area (Å²) in [4.78, 5) is 53.1. The van der Waals surface area contributed by atoms with Crippen LogP contribution in [0.5, 0.6) is 0 Å². The molecule has 0 bridgehead atoms. The first kappa shape index (κ1) is 27.1. The molecule has 208 valence electrons. The molecule has 1 atom stereocenters. The van der Waals surface area contributed by atoms with Gasteiger partial charge in [0, 0.05) is 55.2 Å². The number of nitrogens with two attached hydrogens (primary N) is 1. The number of likely N-dealkylation sites (tertiary alicyclic amines) is 2. The van der Waals surface area contributed by atoms with Crippen LogP contribution in [-0.2, 0) is 4.74 Å². The van der Waals surface area contributed by atoms with Gasteiger partial charge in [0.05, 0.1) is 11.7 Å². The number of rotatable bonds is 5. The van der Waals surface area contributed by atoms with Gasteiger partial charge in [0.25, 0.3) is 11.8 Å². The van der Waals surface area contributed by atoms with Crippen LogP contribution in [0, 0.1) is 0 Å². The van der Waals surface area contributed by atoms with Gasteiger partial charge in [-0.3, -0.25) is 9.59 Å². The van der Waals surface area contributed by atoms with Crippen molar-refractivity contribution in [3.05, 3.63) is 47.8 Å². The van der Waals surface area contributed by atoms with Crippen LogP contribution in [0.1, 0.15) is 80.0 Å². The molecule has 3 heterocycles. The van der Waals surface area contributed by atoms with Gasteiger partial charge in [0.2, 0.25) is 0 Å². The van der Waals surface area contributed by atoms with Crippen molar-refractivity contribution in [2.45, 2.75) is 83.1 Å². The molecule has 2 N–H and O–H groups in total. The highest BCUT2D eigenvalue weighted by Crippen LogP contribution is 2.33. The molecular weight excluding hydrogens is 496 g/mol. The monoisotopic (exact) mass is 534 g/mol. The van der Waals surface area contributed by atoms with Crippen molar-refractivity contribution in [3.8, 4) is 11.4 Å². The predicted octanol–water partition coefficient (Wildman–Crippen LogP) is 3.67. The van der Waals surface area contributed by atoms with Crippen LogP contribution in [-0.4, -0.2) is 86.1 Å². The third kappa shape index (κ3) is 6.21. The maximum atomic E-state index is 13.5. The fraction of sp³-hybridized carbons (Fsp3) is 0.552. The Morgan fingerprint density at radius 3 is 2.05 bits per heavy atom. The molecule has 0 radical (unpaired) electrons. The SMILES string of the molecule is CC(C)(C)OC(=O)N1CCC(N(C(=O)c2cnc(-c3ccc(C(=O)N4CCCC4N)cc3)nc2)C2CC2)CC1. The lowest BCUT2D eigenvalue weighted by Crippen LogP contribution is -2.50. The molecule has 2 saturated heterocycles. The lowest BCUT2D eigenvalue weighted by molar-refractivity contribution is 0.0142. The largest absolute Gasteiger partial charge is 0.444 e. The van der Waals surface area contributed by atoms with Gasteiger partial charge >= 0.3 is 6.09 Å². The first-order chi connectivity index (χ1) is 18.6. The number of benzene rings is 1. The van der Waals surface area contributed by atoms with Crippen LogP contribution in [0.2, 0.25) is 0 Å². The number of aromatic nitrogens is 2.